The van der Waals surface area contributed by atoms with Crippen LogP contribution in [0.25, 0.3) is 0 Å². The number of ether oxygens (including phenoxy) is 2. The molecular weight excluding hydrogens is 518 g/mol. The van der Waals surface area contributed by atoms with E-state index in [1.54, 1.807) is 54.2 Å². The van der Waals surface area contributed by atoms with Crippen LogP contribution < -0.4 is 4.72 Å². The molecule has 3 unspecified atom stereocenters. The van der Waals surface area contributed by atoms with Gasteiger partial charge in [0.25, 0.3) is 10.0 Å². The third-order valence-corrected chi connectivity index (χ3v) is 8.82. The van der Waals surface area contributed by atoms with E-state index in [1.165, 1.54) is 4.90 Å². The zero-order valence-electron chi connectivity index (χ0n) is 20.6. The number of hydrogen-bond donors (Lipinski definition) is 2. The van der Waals surface area contributed by atoms with Gasteiger partial charge in [0.2, 0.25) is 0 Å². The van der Waals surface area contributed by atoms with Crippen molar-refractivity contribution in [3.63, 3.8) is 0 Å². The van der Waals surface area contributed by atoms with E-state index in [-0.39, 0.29) is 23.7 Å². The molecule has 4 aromatic carbocycles. The second-order valence-corrected chi connectivity index (χ2v) is 11.8. The summed E-state index contributed by atoms with van der Waals surface area (Å²) in [6.45, 7) is -0.00570. The Balaban J connectivity index is 1.33. The molecule has 0 aromatic heterocycles. The zero-order valence-corrected chi connectivity index (χ0v) is 22.3. The van der Waals surface area contributed by atoms with Crippen molar-refractivity contribution in [1.82, 2.24) is 0 Å². The molecule has 4 aromatic rings. The highest BCUT2D eigenvalue weighted by Crippen LogP contribution is 2.39. The standard InChI is InChI=1S/C30H29NO5S2/c32-20-22-11-13-23(14-12-22)29-19-26(21-37-27-7-3-1-4-8-27)35-30(36-29)24-15-17-25(18-16-24)31-38(33,34)28-9-5-2-6-10-28/h1-18,26,29-32H,19-21H2. The fraction of sp³-hybridized carbons (Fsp3) is 0.200. The van der Waals surface area contributed by atoms with Gasteiger partial charge in [-0.15, -0.1) is 11.8 Å². The minimum absolute atomic E-state index is 0.00570. The van der Waals surface area contributed by atoms with Crippen molar-refractivity contribution >= 4 is 27.5 Å². The van der Waals surface area contributed by atoms with Crippen LogP contribution in [0.5, 0.6) is 0 Å². The lowest BCUT2D eigenvalue weighted by Gasteiger charge is -2.36. The molecule has 196 valence electrons. The molecule has 0 saturated carbocycles. The minimum atomic E-state index is -3.68. The third kappa shape index (κ3) is 6.64. The highest BCUT2D eigenvalue weighted by molar-refractivity contribution is 7.99. The molecule has 8 heteroatoms. The number of hydrogen-bond acceptors (Lipinski definition) is 6. The van der Waals surface area contributed by atoms with Gasteiger partial charge in [0.05, 0.1) is 23.7 Å². The van der Waals surface area contributed by atoms with E-state index in [4.69, 9.17) is 9.47 Å². The van der Waals surface area contributed by atoms with Crippen molar-refractivity contribution in [2.24, 2.45) is 0 Å². The molecule has 0 amide bonds. The van der Waals surface area contributed by atoms with E-state index in [0.29, 0.717) is 12.1 Å². The van der Waals surface area contributed by atoms with Gasteiger partial charge in [-0.1, -0.05) is 72.8 Å². The number of sulfonamides is 1. The van der Waals surface area contributed by atoms with Crippen molar-refractivity contribution < 1.29 is 23.0 Å². The average Bonchev–Trinajstić information content (AvgIpc) is 2.97. The van der Waals surface area contributed by atoms with Crippen LogP contribution in [0.2, 0.25) is 0 Å². The number of aliphatic hydroxyl groups excluding tert-OH is 1. The predicted molar refractivity (Wildman–Crippen MR) is 149 cm³/mol. The van der Waals surface area contributed by atoms with Crippen molar-refractivity contribution in [2.75, 3.05) is 10.5 Å². The first-order chi connectivity index (χ1) is 18.5. The molecule has 0 aliphatic carbocycles. The van der Waals surface area contributed by atoms with Gasteiger partial charge in [-0.3, -0.25) is 4.72 Å². The molecule has 0 bridgehead atoms. The topological polar surface area (TPSA) is 84.9 Å². The first-order valence-corrected chi connectivity index (χ1v) is 14.8. The monoisotopic (exact) mass is 547 g/mol. The van der Waals surface area contributed by atoms with Crippen LogP contribution in [0.15, 0.2) is 119 Å². The SMILES string of the molecule is O=S(=O)(Nc1ccc(C2OC(CSc3ccccc3)CC(c3ccc(CO)cc3)O2)cc1)c1ccccc1. The van der Waals surface area contributed by atoms with E-state index in [9.17, 15) is 13.5 Å². The Labute approximate surface area is 227 Å². The molecule has 3 atom stereocenters. The van der Waals surface area contributed by atoms with E-state index < -0.39 is 16.3 Å². The molecule has 6 nitrogen and oxygen atoms in total. The number of rotatable bonds is 9. The summed E-state index contributed by atoms with van der Waals surface area (Å²) in [6.07, 6.45) is -0.145. The van der Waals surface area contributed by atoms with E-state index in [1.807, 2.05) is 54.6 Å². The molecular formula is C30H29NO5S2. The van der Waals surface area contributed by atoms with Crippen molar-refractivity contribution in [1.29, 1.82) is 0 Å². The number of nitrogens with one attached hydrogen (secondary N) is 1. The van der Waals surface area contributed by atoms with Crippen LogP contribution in [0.3, 0.4) is 0 Å². The van der Waals surface area contributed by atoms with Crippen molar-refractivity contribution in [2.45, 2.75) is 41.3 Å². The summed E-state index contributed by atoms with van der Waals surface area (Å²) in [5.74, 6) is 0.768. The zero-order chi connectivity index (χ0) is 26.4. The smallest absolute Gasteiger partial charge is 0.261 e. The largest absolute Gasteiger partial charge is 0.392 e. The Hall–Kier alpha value is -3.14. The van der Waals surface area contributed by atoms with Crippen molar-refractivity contribution in [3.8, 4) is 0 Å². The summed E-state index contributed by atoms with van der Waals surface area (Å²) < 4.78 is 40.8. The van der Waals surface area contributed by atoms with Gasteiger partial charge in [0.1, 0.15) is 0 Å². The van der Waals surface area contributed by atoms with Crippen LogP contribution >= 0.6 is 11.8 Å². The molecule has 1 fully saturated rings. The Kier molecular flexibility index (Phi) is 8.46. The van der Waals surface area contributed by atoms with Crippen LogP contribution in [0.4, 0.5) is 5.69 Å². The normalized spacial score (nSPS) is 19.7. The van der Waals surface area contributed by atoms with Crippen LogP contribution in [0, 0.1) is 0 Å². The Morgan fingerprint density at radius 1 is 0.789 bits per heavy atom. The summed E-state index contributed by atoms with van der Waals surface area (Å²) in [4.78, 5) is 1.38. The number of thioether (sulfide) groups is 1. The van der Waals surface area contributed by atoms with Gasteiger partial charge in [0, 0.05) is 28.3 Å². The number of benzene rings is 4. The quantitative estimate of drug-likeness (QED) is 0.239. The summed E-state index contributed by atoms with van der Waals surface area (Å²) in [6, 6.07) is 33.4. The third-order valence-electron chi connectivity index (χ3n) is 6.28. The van der Waals surface area contributed by atoms with Gasteiger partial charge in [-0.05, 0) is 47.5 Å². The lowest BCUT2D eigenvalue weighted by molar-refractivity contribution is -0.245. The Bertz CT molecular complexity index is 1410. The highest BCUT2D eigenvalue weighted by atomic mass is 32.2. The molecule has 1 aliphatic rings. The fourth-order valence-corrected chi connectivity index (χ4v) is 6.27. The molecule has 0 radical (unpaired) electrons. The Morgan fingerprint density at radius 3 is 2.08 bits per heavy atom. The summed E-state index contributed by atoms with van der Waals surface area (Å²) in [5.41, 5.74) is 3.14. The van der Waals surface area contributed by atoms with Crippen molar-refractivity contribution in [3.05, 3.63) is 126 Å². The van der Waals surface area contributed by atoms with Gasteiger partial charge in [-0.2, -0.15) is 0 Å². The lowest BCUT2D eigenvalue weighted by Crippen LogP contribution is -2.31. The highest BCUT2D eigenvalue weighted by Gasteiger charge is 2.32. The molecule has 1 aliphatic heterocycles. The summed E-state index contributed by atoms with van der Waals surface area (Å²) >= 11 is 1.74. The van der Waals surface area contributed by atoms with Crippen LogP contribution in [-0.4, -0.2) is 25.4 Å². The molecule has 38 heavy (non-hydrogen) atoms. The summed E-state index contributed by atoms with van der Waals surface area (Å²) in [5, 5.41) is 9.41. The Morgan fingerprint density at radius 2 is 1.42 bits per heavy atom. The molecule has 1 saturated heterocycles. The predicted octanol–water partition coefficient (Wildman–Crippen LogP) is 6.32. The minimum Gasteiger partial charge on any atom is -0.392 e. The second kappa shape index (κ2) is 12.1. The number of aliphatic hydroxyl groups is 1. The van der Waals surface area contributed by atoms with Gasteiger partial charge < -0.3 is 14.6 Å². The maximum absolute atomic E-state index is 12.7. The molecule has 5 rings (SSSR count). The van der Waals surface area contributed by atoms with Gasteiger partial charge >= 0.3 is 0 Å². The van der Waals surface area contributed by atoms with Crippen LogP contribution in [0.1, 0.15) is 35.5 Å². The molecule has 1 heterocycles. The van der Waals surface area contributed by atoms with E-state index >= 15 is 0 Å². The van der Waals surface area contributed by atoms with Crippen LogP contribution in [-0.2, 0) is 26.1 Å². The average molecular weight is 548 g/mol. The maximum Gasteiger partial charge on any atom is 0.261 e. The molecule has 0 spiro atoms. The fourth-order valence-electron chi connectivity index (χ4n) is 4.25. The first kappa shape index (κ1) is 26.5. The maximum atomic E-state index is 12.7. The summed E-state index contributed by atoms with van der Waals surface area (Å²) in [7, 11) is -3.68. The molecule has 2 N–H and O–H groups in total. The first-order valence-electron chi connectivity index (χ1n) is 12.4. The second-order valence-electron chi connectivity index (χ2n) is 9.01. The lowest BCUT2D eigenvalue weighted by atomic mass is 10.0. The van der Waals surface area contributed by atoms with E-state index in [2.05, 4.69) is 16.9 Å². The number of anilines is 1. The van der Waals surface area contributed by atoms with Gasteiger partial charge in [0.15, 0.2) is 6.29 Å². The van der Waals surface area contributed by atoms with E-state index in [0.717, 1.165) is 22.4 Å². The van der Waals surface area contributed by atoms with Gasteiger partial charge in [-0.25, -0.2) is 8.42 Å².